The Hall–Kier alpha value is -0.0431. The molecule has 0 aliphatic rings. The van der Waals surface area contributed by atoms with Crippen LogP contribution < -0.4 is 0 Å². The molecule has 0 fully saturated rings. The van der Waals surface area contributed by atoms with Gasteiger partial charge in [0.15, 0.2) is 8.24 Å². The van der Waals surface area contributed by atoms with Crippen molar-refractivity contribution >= 4 is 43.6 Å². The molecular formula is C5H13F6N3O8P2S2Si. The standard InChI is InChI=1S/C5H13F6N3O8P2S2Si/c1-27(2,3)14(26(21,22)5(9,10)11)24(17,18)12-23(15,16)13-25(19,20)4(6,7)8/h15-18H,1-3H3. The number of rotatable bonds is 5. The second kappa shape index (κ2) is 7.33. The molecule has 0 unspecified atom stereocenters. The highest BCUT2D eigenvalue weighted by molar-refractivity contribution is 7.97. The Kier molecular flexibility index (Phi) is 7.32. The lowest BCUT2D eigenvalue weighted by atomic mass is 11.6. The van der Waals surface area contributed by atoms with E-state index in [1.54, 1.807) is 0 Å². The molecule has 0 saturated heterocycles. The van der Waals surface area contributed by atoms with Crippen LogP contribution in [0.25, 0.3) is 0 Å². The van der Waals surface area contributed by atoms with Crippen molar-refractivity contribution in [3.8, 4) is 0 Å². The van der Waals surface area contributed by atoms with Gasteiger partial charge in [-0.25, -0.2) is 8.42 Å². The summed E-state index contributed by atoms with van der Waals surface area (Å²) in [6.07, 6.45) is 0. The van der Waals surface area contributed by atoms with Crippen LogP contribution in [0.5, 0.6) is 0 Å². The van der Waals surface area contributed by atoms with Crippen LogP contribution in [-0.4, -0.2) is 59.4 Å². The first-order chi connectivity index (χ1) is 11.3. The van der Waals surface area contributed by atoms with Crippen LogP contribution in [0.1, 0.15) is 0 Å². The molecule has 0 amide bonds. The van der Waals surface area contributed by atoms with Gasteiger partial charge in [-0.1, -0.05) is 23.8 Å². The zero-order valence-electron chi connectivity index (χ0n) is 13.2. The Balaban J connectivity index is 6.92. The minimum absolute atomic E-state index is 0.811. The number of halogens is 6. The van der Waals surface area contributed by atoms with E-state index in [1.807, 2.05) is 0 Å². The van der Waals surface area contributed by atoms with E-state index < -0.39 is 58.4 Å². The summed E-state index contributed by atoms with van der Waals surface area (Å²) in [4.78, 5) is 37.8. The summed E-state index contributed by atoms with van der Waals surface area (Å²) in [5.41, 5.74) is -12.3. The topological polar surface area (TPSA) is 177 Å². The molecule has 0 aromatic heterocycles. The van der Waals surface area contributed by atoms with Crippen molar-refractivity contribution in [2.75, 3.05) is 0 Å². The van der Waals surface area contributed by atoms with E-state index in [1.165, 1.54) is 4.15 Å². The molecule has 0 aromatic rings. The highest BCUT2D eigenvalue weighted by atomic mass is 32.2. The lowest BCUT2D eigenvalue weighted by molar-refractivity contribution is -0.0462. The summed E-state index contributed by atoms with van der Waals surface area (Å²) >= 11 is 0. The van der Waals surface area contributed by atoms with Gasteiger partial charge in [0.2, 0.25) is 0 Å². The Bertz CT molecular complexity index is 894. The van der Waals surface area contributed by atoms with Crippen molar-refractivity contribution in [1.82, 2.24) is 3.74 Å². The molecule has 4 N–H and O–H groups in total. The van der Waals surface area contributed by atoms with E-state index >= 15 is 0 Å². The van der Waals surface area contributed by atoms with Gasteiger partial charge < -0.3 is 19.6 Å². The Labute approximate surface area is 150 Å². The molecule has 0 atom stereocenters. The highest BCUT2D eigenvalue weighted by Gasteiger charge is 2.58. The normalized spacial score (nSPS) is 15.8. The van der Waals surface area contributed by atoms with E-state index in [9.17, 15) is 62.8 Å². The van der Waals surface area contributed by atoms with Crippen molar-refractivity contribution in [1.29, 1.82) is 0 Å². The Morgan fingerprint density at radius 1 is 0.852 bits per heavy atom. The molecule has 0 radical (unpaired) electrons. The van der Waals surface area contributed by atoms with Gasteiger partial charge in [-0.05, 0) is 0 Å². The number of hydrogen-bond acceptors (Lipinski definition) is 4. The van der Waals surface area contributed by atoms with Crippen LogP contribution in [0.4, 0.5) is 26.3 Å². The lowest BCUT2D eigenvalue weighted by Crippen LogP contribution is -2.51. The third-order valence-electron chi connectivity index (χ3n) is 2.09. The van der Waals surface area contributed by atoms with Crippen molar-refractivity contribution in [2.24, 2.45) is 8.67 Å². The molecule has 0 rings (SSSR count). The van der Waals surface area contributed by atoms with E-state index in [4.69, 9.17) is 0 Å². The van der Waals surface area contributed by atoms with Crippen LogP contribution in [0, 0.1) is 0 Å². The Morgan fingerprint density at radius 3 is 1.48 bits per heavy atom. The molecule has 0 saturated carbocycles. The van der Waals surface area contributed by atoms with Crippen molar-refractivity contribution in [2.45, 2.75) is 30.7 Å². The lowest BCUT2D eigenvalue weighted by Gasteiger charge is -2.36. The van der Waals surface area contributed by atoms with Crippen LogP contribution in [0.15, 0.2) is 8.67 Å². The fourth-order valence-electron chi connectivity index (χ4n) is 1.41. The average molecular weight is 511 g/mol. The summed E-state index contributed by atoms with van der Waals surface area (Å²) in [6.45, 7) is 2.43. The predicted octanol–water partition coefficient (Wildman–Crippen LogP) is 1.68. The summed E-state index contributed by atoms with van der Waals surface area (Å²) < 4.78 is 122. The molecule has 0 spiro atoms. The molecule has 11 nitrogen and oxygen atoms in total. The molecule has 22 heteroatoms. The van der Waals surface area contributed by atoms with Crippen molar-refractivity contribution in [3.63, 3.8) is 0 Å². The zero-order chi connectivity index (χ0) is 22.5. The monoisotopic (exact) mass is 511 g/mol. The van der Waals surface area contributed by atoms with E-state index in [0.717, 1.165) is 19.6 Å². The molecule has 0 aromatic carbocycles. The number of hydrogen-bond donors (Lipinski definition) is 4. The van der Waals surface area contributed by atoms with E-state index in [2.05, 4.69) is 4.52 Å². The molecule has 27 heavy (non-hydrogen) atoms. The maximum absolute atomic E-state index is 12.8. The van der Waals surface area contributed by atoms with Gasteiger partial charge in [0.25, 0.3) is 0 Å². The van der Waals surface area contributed by atoms with Gasteiger partial charge in [-0.3, -0.25) is 0 Å². The maximum Gasteiger partial charge on any atom is 0.518 e. The third-order valence-corrected chi connectivity index (χ3v) is 15.3. The smallest absolute Gasteiger partial charge is 0.327 e. The second-order valence-electron chi connectivity index (χ2n) is 5.53. The Morgan fingerprint density at radius 2 is 1.22 bits per heavy atom. The quantitative estimate of drug-likeness (QED) is 0.245. The molecule has 0 aliphatic heterocycles. The first kappa shape index (κ1) is 27.0. The van der Waals surface area contributed by atoms with E-state index in [0.29, 0.717) is 0 Å². The maximum atomic E-state index is 12.8. The molecule has 0 heterocycles. The minimum Gasteiger partial charge on any atom is -0.327 e. The predicted molar refractivity (Wildman–Crippen MR) is 82.7 cm³/mol. The third kappa shape index (κ3) is 6.48. The highest BCUT2D eigenvalue weighted by Crippen LogP contribution is 2.61. The summed E-state index contributed by atoms with van der Waals surface area (Å²) in [6, 6.07) is 0. The number of alkyl halides is 6. The van der Waals surface area contributed by atoms with Gasteiger partial charge in [-0.2, -0.15) is 34.8 Å². The first-order valence-corrected chi connectivity index (χ1v) is 15.4. The first-order valence-electron chi connectivity index (χ1n) is 5.90. The van der Waals surface area contributed by atoms with Crippen molar-refractivity contribution in [3.05, 3.63) is 0 Å². The van der Waals surface area contributed by atoms with Crippen molar-refractivity contribution < 1.29 is 62.8 Å². The second-order valence-corrected chi connectivity index (χ2v) is 18.4. The molecule has 0 bridgehead atoms. The van der Waals surface area contributed by atoms with Gasteiger partial charge in [0.05, 0.1) is 0 Å². The van der Waals surface area contributed by atoms with Gasteiger partial charge in [-0.15, -0.1) is 8.26 Å². The minimum atomic E-state index is -6.66. The van der Waals surface area contributed by atoms with Crippen LogP contribution in [-0.2, 0) is 20.0 Å². The molecule has 0 aliphatic carbocycles. The van der Waals surface area contributed by atoms with Gasteiger partial charge >= 0.3 is 46.4 Å². The van der Waals surface area contributed by atoms with Crippen LogP contribution >= 0.6 is 15.3 Å². The van der Waals surface area contributed by atoms with Crippen LogP contribution in [0.3, 0.4) is 0 Å². The summed E-state index contributed by atoms with van der Waals surface area (Å²) in [5, 5.41) is 0. The largest absolute Gasteiger partial charge is 0.518 e. The van der Waals surface area contributed by atoms with Gasteiger partial charge in [0, 0.05) is 0 Å². The summed E-state index contributed by atoms with van der Waals surface area (Å²) in [7, 11) is -29.5. The van der Waals surface area contributed by atoms with Gasteiger partial charge in [0.1, 0.15) is 0 Å². The van der Waals surface area contributed by atoms with Crippen LogP contribution in [0.2, 0.25) is 19.6 Å². The molecular weight excluding hydrogens is 498 g/mol. The average Bonchev–Trinajstić information content (AvgIpc) is 2.17. The fraction of sp³-hybridized carbons (Fsp3) is 1.00. The zero-order valence-corrected chi connectivity index (χ0v) is 17.7. The fourth-order valence-corrected chi connectivity index (χ4v) is 13.6. The number of nitrogens with zero attached hydrogens (tertiary/aromatic N) is 3. The van der Waals surface area contributed by atoms with E-state index in [-0.39, 0.29) is 0 Å². The summed E-state index contributed by atoms with van der Waals surface area (Å²) in [5.74, 6) is 0. The molecule has 164 valence electrons. The number of sulfonamides is 2. The SMILES string of the molecule is C[Si](C)(C)N(P(O)(O)=NP(O)(O)=NS(=O)(=O)C(F)(F)F)S(=O)(=O)C(F)(F)F.